The third-order valence-corrected chi connectivity index (χ3v) is 4.69. The van der Waals surface area contributed by atoms with Gasteiger partial charge in [0.25, 0.3) is 0 Å². The van der Waals surface area contributed by atoms with Gasteiger partial charge >= 0.3 is 12.1 Å². The van der Waals surface area contributed by atoms with Gasteiger partial charge in [0.1, 0.15) is 0 Å². The lowest BCUT2D eigenvalue weighted by Gasteiger charge is -2.12. The third-order valence-electron chi connectivity index (χ3n) is 4.69. The smallest absolute Gasteiger partial charge is 0.319 e. The van der Waals surface area contributed by atoms with Gasteiger partial charge in [-0.3, -0.25) is 0 Å². The fourth-order valence-electron chi connectivity index (χ4n) is 3.19. The predicted molar refractivity (Wildman–Crippen MR) is 113 cm³/mol. The Morgan fingerprint density at radius 1 is 0.966 bits per heavy atom. The molecule has 154 valence electrons. The van der Waals surface area contributed by atoms with Gasteiger partial charge in [0.2, 0.25) is 0 Å². The fourth-order valence-corrected chi connectivity index (χ4v) is 3.19. The number of benzene rings is 2. The van der Waals surface area contributed by atoms with Crippen LogP contribution in [0, 0.1) is 6.92 Å². The average molecular weight is 396 g/mol. The van der Waals surface area contributed by atoms with E-state index in [9.17, 15) is 9.59 Å². The molecular weight excluding hydrogens is 368 g/mol. The molecule has 1 aliphatic heterocycles. The van der Waals surface area contributed by atoms with E-state index in [1.165, 1.54) is 0 Å². The summed E-state index contributed by atoms with van der Waals surface area (Å²) in [6.07, 6.45) is 2.17. The van der Waals surface area contributed by atoms with E-state index in [1.807, 2.05) is 55.5 Å². The minimum Gasteiger partial charge on any atom is -0.376 e. The molecule has 3 rings (SSSR count). The molecule has 2 aromatic rings. The van der Waals surface area contributed by atoms with E-state index in [-0.39, 0.29) is 18.2 Å². The van der Waals surface area contributed by atoms with Crippen LogP contribution in [0.15, 0.2) is 48.5 Å². The Balaban J connectivity index is 1.40. The Labute approximate surface area is 171 Å². The van der Waals surface area contributed by atoms with Crippen molar-refractivity contribution in [2.45, 2.75) is 39.0 Å². The molecule has 29 heavy (non-hydrogen) atoms. The van der Waals surface area contributed by atoms with Gasteiger partial charge in [-0.25, -0.2) is 9.59 Å². The van der Waals surface area contributed by atoms with E-state index >= 15 is 0 Å². The zero-order valence-electron chi connectivity index (χ0n) is 16.7. The molecular formula is C22H28N4O3. The molecule has 0 saturated carbocycles. The molecule has 7 heteroatoms. The third kappa shape index (κ3) is 7.12. The van der Waals surface area contributed by atoms with Crippen molar-refractivity contribution in [3.05, 3.63) is 65.2 Å². The number of carbonyl (C=O) groups is 2. The summed E-state index contributed by atoms with van der Waals surface area (Å²) in [5.41, 5.74) is 3.77. The van der Waals surface area contributed by atoms with Crippen molar-refractivity contribution in [1.82, 2.24) is 16.0 Å². The summed E-state index contributed by atoms with van der Waals surface area (Å²) in [5.74, 6) is 0. The molecule has 1 unspecified atom stereocenters. The zero-order chi connectivity index (χ0) is 20.5. The van der Waals surface area contributed by atoms with Crippen molar-refractivity contribution in [1.29, 1.82) is 0 Å². The Morgan fingerprint density at radius 2 is 1.69 bits per heavy atom. The number of aryl methyl sites for hydroxylation is 1. The van der Waals surface area contributed by atoms with Crippen LogP contribution < -0.4 is 21.3 Å². The first-order chi connectivity index (χ1) is 14.1. The maximum Gasteiger partial charge on any atom is 0.319 e. The van der Waals surface area contributed by atoms with Crippen LogP contribution in [0.5, 0.6) is 0 Å². The minimum atomic E-state index is -0.257. The highest BCUT2D eigenvalue weighted by molar-refractivity contribution is 5.89. The number of ether oxygens (including phenoxy) is 1. The van der Waals surface area contributed by atoms with Crippen LogP contribution in [0.4, 0.5) is 15.3 Å². The number of nitrogens with one attached hydrogen (secondary N) is 4. The summed E-state index contributed by atoms with van der Waals surface area (Å²) in [6.45, 7) is 4.10. The standard InChI is InChI=1S/C22H28N4O3/c1-16-5-2-8-19(11-16)26-22(28)24-14-18-7-3-6-17(12-18)13-23-21(27)25-15-20-9-4-10-29-20/h2-3,5-8,11-12,20H,4,9-10,13-15H2,1H3,(H2,23,25,27)(H2,24,26,28). The summed E-state index contributed by atoms with van der Waals surface area (Å²) in [6, 6.07) is 14.9. The van der Waals surface area contributed by atoms with Crippen LogP contribution in [0.2, 0.25) is 0 Å². The largest absolute Gasteiger partial charge is 0.376 e. The van der Waals surface area contributed by atoms with Crippen LogP contribution in [-0.2, 0) is 17.8 Å². The molecule has 1 aliphatic rings. The SMILES string of the molecule is Cc1cccc(NC(=O)NCc2cccc(CNC(=O)NCC3CCCO3)c2)c1. The summed E-state index contributed by atoms with van der Waals surface area (Å²) < 4.78 is 5.49. The maximum atomic E-state index is 12.1. The van der Waals surface area contributed by atoms with E-state index < -0.39 is 0 Å². The summed E-state index contributed by atoms with van der Waals surface area (Å²) >= 11 is 0. The molecule has 0 radical (unpaired) electrons. The summed E-state index contributed by atoms with van der Waals surface area (Å²) in [5, 5.41) is 11.4. The number of amides is 4. The lowest BCUT2D eigenvalue weighted by Crippen LogP contribution is -2.39. The Morgan fingerprint density at radius 3 is 2.38 bits per heavy atom. The topological polar surface area (TPSA) is 91.5 Å². The van der Waals surface area contributed by atoms with Crippen molar-refractivity contribution in [2.75, 3.05) is 18.5 Å². The highest BCUT2D eigenvalue weighted by Gasteiger charge is 2.15. The van der Waals surface area contributed by atoms with E-state index in [1.54, 1.807) is 0 Å². The number of rotatable bonds is 7. The second-order valence-corrected chi connectivity index (χ2v) is 7.20. The number of carbonyl (C=O) groups excluding carboxylic acids is 2. The molecule has 1 atom stereocenters. The average Bonchev–Trinajstić information content (AvgIpc) is 3.23. The first kappa shape index (κ1) is 20.7. The molecule has 4 N–H and O–H groups in total. The highest BCUT2D eigenvalue weighted by Crippen LogP contribution is 2.11. The molecule has 0 aliphatic carbocycles. The van der Waals surface area contributed by atoms with Crippen molar-refractivity contribution in [3.63, 3.8) is 0 Å². The Kier molecular flexibility index (Phi) is 7.47. The molecule has 0 bridgehead atoms. The maximum absolute atomic E-state index is 12.1. The van der Waals surface area contributed by atoms with E-state index in [2.05, 4.69) is 21.3 Å². The van der Waals surface area contributed by atoms with E-state index in [4.69, 9.17) is 4.74 Å². The van der Waals surface area contributed by atoms with Crippen molar-refractivity contribution < 1.29 is 14.3 Å². The molecule has 0 spiro atoms. The van der Waals surface area contributed by atoms with Gasteiger partial charge in [-0.1, -0.05) is 36.4 Å². The first-order valence-electron chi connectivity index (χ1n) is 9.91. The summed E-state index contributed by atoms with van der Waals surface area (Å²) in [4.78, 5) is 24.0. The van der Waals surface area contributed by atoms with Gasteiger partial charge in [0.05, 0.1) is 6.10 Å². The number of hydrogen-bond donors (Lipinski definition) is 4. The molecule has 7 nitrogen and oxygen atoms in total. The van der Waals surface area contributed by atoms with E-state index in [0.717, 1.165) is 41.8 Å². The number of hydrogen-bond acceptors (Lipinski definition) is 3. The quantitative estimate of drug-likeness (QED) is 0.579. The van der Waals surface area contributed by atoms with Crippen molar-refractivity contribution in [2.24, 2.45) is 0 Å². The normalized spacial score (nSPS) is 15.6. The number of anilines is 1. The first-order valence-corrected chi connectivity index (χ1v) is 9.91. The Bertz CT molecular complexity index is 834. The van der Waals surface area contributed by atoms with Crippen molar-refractivity contribution >= 4 is 17.7 Å². The second-order valence-electron chi connectivity index (χ2n) is 7.20. The van der Waals surface area contributed by atoms with Gasteiger partial charge in [-0.15, -0.1) is 0 Å². The minimum absolute atomic E-state index is 0.126. The van der Waals surface area contributed by atoms with Crippen molar-refractivity contribution in [3.8, 4) is 0 Å². The van der Waals surface area contributed by atoms with Crippen LogP contribution in [-0.4, -0.2) is 31.3 Å². The monoisotopic (exact) mass is 396 g/mol. The van der Waals surface area contributed by atoms with E-state index in [0.29, 0.717) is 19.6 Å². The Hall–Kier alpha value is -3.06. The van der Waals surface area contributed by atoms with Gasteiger partial charge in [0, 0.05) is 31.9 Å². The van der Waals surface area contributed by atoms with Crippen LogP contribution >= 0.6 is 0 Å². The van der Waals surface area contributed by atoms with Gasteiger partial charge in [0.15, 0.2) is 0 Å². The van der Waals surface area contributed by atoms with Gasteiger partial charge < -0.3 is 26.0 Å². The molecule has 2 aromatic carbocycles. The predicted octanol–water partition coefficient (Wildman–Crippen LogP) is 3.29. The lowest BCUT2D eigenvalue weighted by molar-refractivity contribution is 0.111. The highest BCUT2D eigenvalue weighted by atomic mass is 16.5. The molecule has 1 saturated heterocycles. The molecule has 4 amide bonds. The van der Waals surface area contributed by atoms with Crippen LogP contribution in [0.25, 0.3) is 0 Å². The lowest BCUT2D eigenvalue weighted by atomic mass is 10.1. The molecule has 1 heterocycles. The van der Waals surface area contributed by atoms with Gasteiger partial charge in [-0.05, 0) is 48.6 Å². The van der Waals surface area contributed by atoms with Crippen LogP contribution in [0.1, 0.15) is 29.5 Å². The van der Waals surface area contributed by atoms with Gasteiger partial charge in [-0.2, -0.15) is 0 Å². The molecule has 0 aromatic heterocycles. The second kappa shape index (κ2) is 10.5. The van der Waals surface area contributed by atoms with Crippen LogP contribution in [0.3, 0.4) is 0 Å². The summed E-state index contributed by atoms with van der Waals surface area (Å²) in [7, 11) is 0. The zero-order valence-corrected chi connectivity index (χ0v) is 16.7. The molecule has 1 fully saturated rings. The number of urea groups is 2. The fraction of sp³-hybridized carbons (Fsp3) is 0.364.